The van der Waals surface area contributed by atoms with E-state index in [-0.39, 0.29) is 17.9 Å². The van der Waals surface area contributed by atoms with Crippen molar-refractivity contribution in [3.63, 3.8) is 0 Å². The number of aliphatic hydroxyl groups excluding tert-OH is 1. The van der Waals surface area contributed by atoms with Gasteiger partial charge in [0.1, 0.15) is 0 Å². The number of rotatable bonds is 3. The second kappa shape index (κ2) is 6.73. The maximum absolute atomic E-state index is 12.9. The third-order valence-corrected chi connectivity index (χ3v) is 5.11. The molecule has 2 heterocycles. The van der Waals surface area contributed by atoms with Crippen molar-refractivity contribution >= 4 is 5.91 Å². The van der Waals surface area contributed by atoms with Crippen LogP contribution in [-0.4, -0.2) is 39.7 Å². The van der Waals surface area contributed by atoms with E-state index in [0.29, 0.717) is 24.2 Å². The Labute approximate surface area is 148 Å². The first-order valence-electron chi connectivity index (χ1n) is 8.59. The highest BCUT2D eigenvalue weighted by atomic mass is 16.3. The molecule has 1 aromatic heterocycles. The van der Waals surface area contributed by atoms with Gasteiger partial charge in [0.25, 0.3) is 5.91 Å². The second-order valence-corrected chi connectivity index (χ2v) is 6.82. The minimum Gasteiger partial charge on any atom is -0.393 e. The molecule has 3 rings (SSSR count). The Kier molecular flexibility index (Phi) is 4.65. The SMILES string of the molecule is Cc1cc(C(=O)N2CCC(C(C)O)C2)c(C)n1-c1ccc(C#N)cc1. The Morgan fingerprint density at radius 3 is 2.56 bits per heavy atom. The molecule has 0 saturated carbocycles. The van der Waals surface area contributed by atoms with Crippen LogP contribution in [0.3, 0.4) is 0 Å². The van der Waals surface area contributed by atoms with Gasteiger partial charge in [0.2, 0.25) is 0 Å². The highest BCUT2D eigenvalue weighted by molar-refractivity contribution is 5.96. The number of benzene rings is 1. The van der Waals surface area contributed by atoms with Crippen LogP contribution in [0.4, 0.5) is 0 Å². The Bertz CT molecular complexity index is 828. The maximum atomic E-state index is 12.9. The largest absolute Gasteiger partial charge is 0.393 e. The smallest absolute Gasteiger partial charge is 0.255 e. The van der Waals surface area contributed by atoms with Gasteiger partial charge in [-0.15, -0.1) is 0 Å². The standard InChI is InChI=1S/C20H23N3O2/c1-13-10-19(20(25)22-9-8-17(12-22)15(3)24)14(2)23(13)18-6-4-16(11-21)5-7-18/h4-7,10,15,17,24H,8-9,12H2,1-3H3. The van der Waals surface area contributed by atoms with Gasteiger partial charge in [0.15, 0.2) is 0 Å². The van der Waals surface area contributed by atoms with Crippen molar-refractivity contribution in [2.75, 3.05) is 13.1 Å². The molecule has 1 fully saturated rings. The van der Waals surface area contributed by atoms with Crippen LogP contribution in [0, 0.1) is 31.1 Å². The van der Waals surface area contributed by atoms with Crippen LogP contribution in [0.5, 0.6) is 0 Å². The molecule has 0 aliphatic carbocycles. The number of nitriles is 1. The molecule has 5 heteroatoms. The zero-order valence-corrected chi connectivity index (χ0v) is 14.9. The topological polar surface area (TPSA) is 69.3 Å². The van der Waals surface area contributed by atoms with E-state index in [9.17, 15) is 9.90 Å². The van der Waals surface area contributed by atoms with E-state index in [1.165, 1.54) is 0 Å². The summed E-state index contributed by atoms with van der Waals surface area (Å²) in [5.41, 5.74) is 4.14. The van der Waals surface area contributed by atoms with Crippen LogP contribution in [0.2, 0.25) is 0 Å². The van der Waals surface area contributed by atoms with Crippen LogP contribution in [-0.2, 0) is 0 Å². The summed E-state index contributed by atoms with van der Waals surface area (Å²) in [6, 6.07) is 11.4. The highest BCUT2D eigenvalue weighted by Crippen LogP contribution is 2.26. The number of nitrogens with zero attached hydrogens (tertiary/aromatic N) is 3. The minimum atomic E-state index is -0.385. The van der Waals surface area contributed by atoms with Crippen molar-refractivity contribution in [1.82, 2.24) is 9.47 Å². The van der Waals surface area contributed by atoms with Gasteiger partial charge >= 0.3 is 0 Å². The number of aromatic nitrogens is 1. The second-order valence-electron chi connectivity index (χ2n) is 6.82. The zero-order chi connectivity index (χ0) is 18.1. The predicted molar refractivity (Wildman–Crippen MR) is 95.6 cm³/mol. The summed E-state index contributed by atoms with van der Waals surface area (Å²) in [6.45, 7) is 7.01. The molecule has 1 aromatic carbocycles. The number of carbonyl (C=O) groups is 1. The van der Waals surface area contributed by atoms with E-state index >= 15 is 0 Å². The minimum absolute atomic E-state index is 0.0242. The van der Waals surface area contributed by atoms with E-state index < -0.39 is 0 Å². The van der Waals surface area contributed by atoms with Crippen LogP contribution in [0.25, 0.3) is 5.69 Å². The number of hydrogen-bond acceptors (Lipinski definition) is 3. The van der Waals surface area contributed by atoms with E-state index in [0.717, 1.165) is 23.5 Å². The highest BCUT2D eigenvalue weighted by Gasteiger charge is 2.31. The lowest BCUT2D eigenvalue weighted by Crippen LogP contribution is -2.30. The molecule has 2 atom stereocenters. The third-order valence-electron chi connectivity index (χ3n) is 5.11. The van der Waals surface area contributed by atoms with Crippen LogP contribution in [0.1, 0.15) is 40.7 Å². The molecule has 5 nitrogen and oxygen atoms in total. The molecule has 25 heavy (non-hydrogen) atoms. The summed E-state index contributed by atoms with van der Waals surface area (Å²) in [5, 5.41) is 18.7. The maximum Gasteiger partial charge on any atom is 0.255 e. The number of hydrogen-bond donors (Lipinski definition) is 1. The number of carbonyl (C=O) groups excluding carboxylic acids is 1. The molecule has 1 aliphatic rings. The van der Waals surface area contributed by atoms with Crippen LogP contribution < -0.4 is 0 Å². The molecule has 2 unspecified atom stereocenters. The van der Waals surface area contributed by atoms with Crippen molar-refractivity contribution in [2.45, 2.75) is 33.3 Å². The average molecular weight is 337 g/mol. The first kappa shape index (κ1) is 17.2. The normalized spacial score (nSPS) is 18.2. The summed E-state index contributed by atoms with van der Waals surface area (Å²) in [6.07, 6.45) is 0.460. The number of aliphatic hydroxyl groups is 1. The van der Waals surface area contributed by atoms with Gasteiger partial charge < -0.3 is 14.6 Å². The summed E-state index contributed by atoms with van der Waals surface area (Å²) in [4.78, 5) is 14.8. The third kappa shape index (κ3) is 3.18. The van der Waals surface area contributed by atoms with Gasteiger partial charge in [-0.2, -0.15) is 5.26 Å². The van der Waals surface area contributed by atoms with Gasteiger partial charge in [-0.3, -0.25) is 4.79 Å². The quantitative estimate of drug-likeness (QED) is 0.936. The van der Waals surface area contributed by atoms with Gasteiger partial charge in [0.05, 0.1) is 23.3 Å². The Balaban J connectivity index is 1.89. The molecule has 1 amide bonds. The lowest BCUT2D eigenvalue weighted by molar-refractivity contribution is 0.0762. The van der Waals surface area contributed by atoms with Crippen molar-refractivity contribution in [2.24, 2.45) is 5.92 Å². The molecule has 2 aromatic rings. The van der Waals surface area contributed by atoms with Crippen molar-refractivity contribution in [3.05, 3.63) is 52.8 Å². The first-order chi connectivity index (χ1) is 11.9. The summed E-state index contributed by atoms with van der Waals surface area (Å²) in [7, 11) is 0. The number of likely N-dealkylation sites (tertiary alicyclic amines) is 1. The predicted octanol–water partition coefficient (Wildman–Crippen LogP) is 2.81. The summed E-state index contributed by atoms with van der Waals surface area (Å²) in [5.74, 6) is 0.183. The van der Waals surface area contributed by atoms with E-state index in [1.807, 2.05) is 41.5 Å². The van der Waals surface area contributed by atoms with Gasteiger partial charge in [-0.1, -0.05) is 0 Å². The summed E-state index contributed by atoms with van der Waals surface area (Å²) >= 11 is 0. The van der Waals surface area contributed by atoms with Crippen LogP contribution in [0.15, 0.2) is 30.3 Å². The monoisotopic (exact) mass is 337 g/mol. The molecule has 0 bridgehead atoms. The Morgan fingerprint density at radius 1 is 1.32 bits per heavy atom. The fraction of sp³-hybridized carbons (Fsp3) is 0.400. The van der Waals surface area contributed by atoms with Crippen LogP contribution >= 0.6 is 0 Å². The molecular weight excluding hydrogens is 314 g/mol. The molecular formula is C20H23N3O2. The number of aryl methyl sites for hydroxylation is 1. The van der Waals surface area contributed by atoms with Gasteiger partial charge in [-0.05, 0) is 57.5 Å². The van der Waals surface area contributed by atoms with E-state index in [1.54, 1.807) is 19.1 Å². The molecule has 0 spiro atoms. The zero-order valence-electron chi connectivity index (χ0n) is 14.9. The van der Waals surface area contributed by atoms with E-state index in [2.05, 4.69) is 6.07 Å². The molecule has 0 radical (unpaired) electrons. The molecule has 1 aliphatic heterocycles. The molecule has 1 saturated heterocycles. The van der Waals surface area contributed by atoms with E-state index in [4.69, 9.17) is 5.26 Å². The Hall–Kier alpha value is -2.58. The van der Waals surface area contributed by atoms with Gasteiger partial charge in [-0.25, -0.2) is 0 Å². The lowest BCUT2D eigenvalue weighted by atomic mass is 10.0. The van der Waals surface area contributed by atoms with Crippen molar-refractivity contribution in [3.8, 4) is 11.8 Å². The average Bonchev–Trinajstić information content (AvgIpc) is 3.20. The van der Waals surface area contributed by atoms with Crippen molar-refractivity contribution < 1.29 is 9.90 Å². The fourth-order valence-electron chi connectivity index (χ4n) is 3.60. The lowest BCUT2D eigenvalue weighted by Gasteiger charge is -2.18. The summed E-state index contributed by atoms with van der Waals surface area (Å²) < 4.78 is 2.04. The first-order valence-corrected chi connectivity index (χ1v) is 8.59. The van der Waals surface area contributed by atoms with Crippen molar-refractivity contribution in [1.29, 1.82) is 5.26 Å². The molecule has 1 N–H and O–H groups in total. The molecule has 130 valence electrons. The van der Waals surface area contributed by atoms with Gasteiger partial charge in [0, 0.05) is 36.1 Å². The number of amides is 1. The Morgan fingerprint density at radius 2 is 2.00 bits per heavy atom. The fourth-order valence-corrected chi connectivity index (χ4v) is 3.60.